The lowest BCUT2D eigenvalue weighted by molar-refractivity contribution is 0.238. The van der Waals surface area contributed by atoms with Gasteiger partial charge in [-0.2, -0.15) is 0 Å². The predicted octanol–water partition coefficient (Wildman–Crippen LogP) is 2.34. The first-order valence-corrected chi connectivity index (χ1v) is 8.83. The Bertz CT molecular complexity index is 502. The summed E-state index contributed by atoms with van der Waals surface area (Å²) in [5, 5.41) is 5.68. The van der Waals surface area contributed by atoms with Gasteiger partial charge in [-0.05, 0) is 24.8 Å². The average molecular weight is 306 g/mol. The molecule has 0 aromatic heterocycles. The third-order valence-electron chi connectivity index (χ3n) is 3.36. The Morgan fingerprint density at radius 1 is 1.29 bits per heavy atom. The molecule has 0 spiro atoms. The Hall–Kier alpha value is -1.62. The summed E-state index contributed by atoms with van der Waals surface area (Å²) in [6.45, 7) is 0.432. The zero-order chi connectivity index (χ0) is 14.9. The van der Waals surface area contributed by atoms with Crippen molar-refractivity contribution in [2.45, 2.75) is 31.1 Å². The number of hydrogen-bond donors (Lipinski definition) is 2. The molecule has 1 aromatic rings. The van der Waals surface area contributed by atoms with Crippen LogP contribution in [0.1, 0.15) is 24.8 Å². The van der Waals surface area contributed by atoms with E-state index in [4.69, 9.17) is 0 Å². The van der Waals surface area contributed by atoms with Crippen LogP contribution in [0.3, 0.4) is 0 Å². The van der Waals surface area contributed by atoms with Gasteiger partial charge >= 0.3 is 6.03 Å². The summed E-state index contributed by atoms with van der Waals surface area (Å²) in [6, 6.07) is 9.71. The van der Waals surface area contributed by atoms with Crippen molar-refractivity contribution in [3.63, 3.8) is 0 Å². The monoisotopic (exact) mass is 306 g/mol. The molecule has 0 saturated carbocycles. The fourth-order valence-corrected chi connectivity index (χ4v) is 3.30. The van der Waals surface area contributed by atoms with Gasteiger partial charge in [-0.3, -0.25) is 4.21 Å². The molecule has 0 radical (unpaired) electrons. The summed E-state index contributed by atoms with van der Waals surface area (Å²) in [4.78, 5) is 11.7. The van der Waals surface area contributed by atoms with E-state index in [9.17, 15) is 9.00 Å². The molecule has 2 N–H and O–H groups in total. The Kier molecular flexibility index (Phi) is 6.47. The van der Waals surface area contributed by atoms with Crippen molar-refractivity contribution in [3.8, 4) is 0 Å². The lowest BCUT2D eigenvalue weighted by Crippen LogP contribution is -2.42. The van der Waals surface area contributed by atoms with Crippen molar-refractivity contribution < 1.29 is 9.00 Å². The number of urea groups is 1. The molecule has 0 bridgehead atoms. The highest BCUT2D eigenvalue weighted by atomic mass is 32.2. The van der Waals surface area contributed by atoms with Gasteiger partial charge < -0.3 is 10.6 Å². The minimum Gasteiger partial charge on any atom is -0.337 e. The van der Waals surface area contributed by atoms with Crippen LogP contribution in [0.25, 0.3) is 0 Å². The zero-order valence-corrected chi connectivity index (χ0v) is 12.9. The maximum atomic E-state index is 11.9. The maximum absolute atomic E-state index is 11.9. The molecule has 1 aliphatic rings. The topological polar surface area (TPSA) is 58.2 Å². The lowest BCUT2D eigenvalue weighted by atomic mass is 10.0. The Morgan fingerprint density at radius 3 is 2.81 bits per heavy atom. The normalized spacial score (nSPS) is 19.0. The maximum Gasteiger partial charge on any atom is 0.315 e. The van der Waals surface area contributed by atoms with Gasteiger partial charge in [-0.1, -0.05) is 42.5 Å². The highest BCUT2D eigenvalue weighted by Gasteiger charge is 2.11. The van der Waals surface area contributed by atoms with Crippen molar-refractivity contribution in [1.29, 1.82) is 0 Å². The number of nitrogens with one attached hydrogen (secondary N) is 2. The first-order valence-electron chi connectivity index (χ1n) is 7.34. The van der Waals surface area contributed by atoms with Gasteiger partial charge in [0.25, 0.3) is 0 Å². The van der Waals surface area contributed by atoms with Crippen LogP contribution in [-0.2, 0) is 16.6 Å². The van der Waals surface area contributed by atoms with Crippen molar-refractivity contribution >= 4 is 16.8 Å². The SMILES string of the molecule is O=C(NCC[S@](=O)Cc1ccccc1)N[C@H]1C=CCCC1. The molecule has 1 aliphatic carbocycles. The molecule has 4 nitrogen and oxygen atoms in total. The molecule has 2 atom stereocenters. The Labute approximate surface area is 128 Å². The first-order chi connectivity index (χ1) is 10.2. The van der Waals surface area contributed by atoms with Crippen molar-refractivity contribution in [2.24, 2.45) is 0 Å². The van der Waals surface area contributed by atoms with Crippen LogP contribution in [-0.4, -0.2) is 28.6 Å². The molecule has 0 unspecified atom stereocenters. The van der Waals surface area contributed by atoms with Crippen molar-refractivity contribution in [1.82, 2.24) is 10.6 Å². The van der Waals surface area contributed by atoms with E-state index in [1.807, 2.05) is 36.4 Å². The summed E-state index contributed by atoms with van der Waals surface area (Å²) in [7, 11) is -0.951. The molecule has 0 fully saturated rings. The van der Waals surface area contributed by atoms with Gasteiger partial charge in [0.2, 0.25) is 0 Å². The Morgan fingerprint density at radius 2 is 2.10 bits per heavy atom. The van der Waals surface area contributed by atoms with Gasteiger partial charge in [-0.25, -0.2) is 4.79 Å². The summed E-state index contributed by atoms with van der Waals surface area (Å²) >= 11 is 0. The third kappa shape index (κ3) is 6.12. The minimum absolute atomic E-state index is 0.133. The summed E-state index contributed by atoms with van der Waals surface area (Å²) in [5.74, 6) is 1.01. The van der Waals surface area contributed by atoms with E-state index in [-0.39, 0.29) is 12.1 Å². The van der Waals surface area contributed by atoms with Crippen LogP contribution in [0.2, 0.25) is 0 Å². The van der Waals surface area contributed by atoms with E-state index < -0.39 is 10.8 Å². The quantitative estimate of drug-likeness (QED) is 0.793. The molecular weight excluding hydrogens is 284 g/mol. The number of benzene rings is 1. The fourth-order valence-electron chi connectivity index (χ4n) is 2.26. The number of amides is 2. The third-order valence-corrected chi connectivity index (χ3v) is 4.67. The van der Waals surface area contributed by atoms with Gasteiger partial charge in [0, 0.05) is 34.9 Å². The minimum atomic E-state index is -0.951. The summed E-state index contributed by atoms with van der Waals surface area (Å²) in [6.07, 6.45) is 7.34. The van der Waals surface area contributed by atoms with Crippen molar-refractivity contribution in [2.75, 3.05) is 12.3 Å². The largest absolute Gasteiger partial charge is 0.337 e. The number of allylic oxidation sites excluding steroid dienone is 1. The summed E-state index contributed by atoms with van der Waals surface area (Å²) < 4.78 is 11.9. The van der Waals surface area contributed by atoms with Crippen LogP contribution in [0.15, 0.2) is 42.5 Å². The molecule has 21 heavy (non-hydrogen) atoms. The molecule has 2 rings (SSSR count). The number of rotatable bonds is 6. The molecule has 0 aliphatic heterocycles. The second kappa shape index (κ2) is 8.62. The number of hydrogen-bond acceptors (Lipinski definition) is 2. The van der Waals surface area contributed by atoms with E-state index in [0.29, 0.717) is 18.1 Å². The van der Waals surface area contributed by atoms with E-state index in [0.717, 1.165) is 24.8 Å². The van der Waals surface area contributed by atoms with Gasteiger partial charge in [-0.15, -0.1) is 0 Å². The second-order valence-corrected chi connectivity index (χ2v) is 6.72. The molecule has 0 heterocycles. The second-order valence-electron chi connectivity index (χ2n) is 5.14. The van der Waals surface area contributed by atoms with Gasteiger partial charge in [0.15, 0.2) is 0 Å². The molecular formula is C16H22N2O2S. The van der Waals surface area contributed by atoms with Gasteiger partial charge in [0.05, 0.1) is 0 Å². The zero-order valence-electron chi connectivity index (χ0n) is 12.1. The molecule has 5 heteroatoms. The van der Waals surface area contributed by atoms with Crippen LogP contribution in [0.4, 0.5) is 4.79 Å². The van der Waals surface area contributed by atoms with Crippen molar-refractivity contribution in [3.05, 3.63) is 48.0 Å². The molecule has 1 aromatic carbocycles. The molecule has 2 amide bonds. The molecule has 0 saturated heterocycles. The standard InChI is InChI=1S/C16H22N2O2S/c19-16(18-15-9-5-2-6-10-15)17-11-12-21(20)13-14-7-3-1-4-8-14/h1,3-5,7-9,15H,2,6,10-13H2,(H2,17,18,19)/t15-,21-/m0/s1. The fraction of sp³-hybridized carbons (Fsp3) is 0.438. The highest BCUT2D eigenvalue weighted by molar-refractivity contribution is 7.84. The van der Waals surface area contributed by atoms with Crippen LogP contribution in [0, 0.1) is 0 Å². The van der Waals surface area contributed by atoms with Gasteiger partial charge in [0.1, 0.15) is 0 Å². The Balaban J connectivity index is 1.62. The highest BCUT2D eigenvalue weighted by Crippen LogP contribution is 2.09. The van der Waals surface area contributed by atoms with E-state index in [2.05, 4.69) is 16.7 Å². The smallest absolute Gasteiger partial charge is 0.315 e. The van der Waals surface area contributed by atoms with E-state index in [1.54, 1.807) is 0 Å². The van der Waals surface area contributed by atoms with Crippen LogP contribution in [0.5, 0.6) is 0 Å². The number of carbonyl (C=O) groups excluding carboxylic acids is 1. The average Bonchev–Trinajstić information content (AvgIpc) is 2.49. The molecule has 114 valence electrons. The van der Waals surface area contributed by atoms with Crippen LogP contribution >= 0.6 is 0 Å². The van der Waals surface area contributed by atoms with Crippen LogP contribution < -0.4 is 10.6 Å². The van der Waals surface area contributed by atoms with E-state index >= 15 is 0 Å². The number of carbonyl (C=O) groups is 1. The van der Waals surface area contributed by atoms with E-state index in [1.165, 1.54) is 0 Å². The predicted molar refractivity (Wildman–Crippen MR) is 86.5 cm³/mol. The lowest BCUT2D eigenvalue weighted by Gasteiger charge is -2.18. The first kappa shape index (κ1) is 15.8. The summed E-state index contributed by atoms with van der Waals surface area (Å²) in [5.41, 5.74) is 1.06.